The Morgan fingerprint density at radius 2 is 1.19 bits per heavy atom. The second-order valence-corrected chi connectivity index (χ2v) is 5.29. The molecule has 124 valence electrons. The minimum Gasteiger partial charge on any atom is -0.339 e. The summed E-state index contributed by atoms with van der Waals surface area (Å²) >= 11 is 0. The fourth-order valence-electron chi connectivity index (χ4n) is 2.51. The number of nitrogens with zero attached hydrogens (tertiary/aromatic N) is 3. The average Bonchev–Trinajstić information content (AvgIpc) is 2.53. The number of hydrogen-bond acceptors (Lipinski definition) is 3. The summed E-state index contributed by atoms with van der Waals surface area (Å²) < 4.78 is 0. The van der Waals surface area contributed by atoms with Crippen LogP contribution in [0.2, 0.25) is 0 Å². The molecule has 0 aliphatic rings. The molecule has 4 heteroatoms. The van der Waals surface area contributed by atoms with Gasteiger partial charge in [-0.3, -0.25) is 4.79 Å². The van der Waals surface area contributed by atoms with E-state index in [0.717, 1.165) is 65.2 Å². The monoisotopic (exact) mass is 297 g/mol. The lowest BCUT2D eigenvalue weighted by molar-refractivity contribution is -0.126. The highest BCUT2D eigenvalue weighted by Crippen LogP contribution is 2.00. The molecule has 0 heterocycles. The minimum absolute atomic E-state index is 0.0640. The van der Waals surface area contributed by atoms with Gasteiger partial charge >= 0.3 is 0 Å². The molecule has 0 saturated heterocycles. The zero-order valence-electron chi connectivity index (χ0n) is 14.6. The maximum absolute atomic E-state index is 11.9. The van der Waals surface area contributed by atoms with Gasteiger partial charge in [0.2, 0.25) is 5.91 Å². The van der Waals surface area contributed by atoms with Crippen LogP contribution in [-0.2, 0) is 4.79 Å². The summed E-state index contributed by atoms with van der Waals surface area (Å²) in [6.07, 6.45) is 3.51. The maximum atomic E-state index is 11.9. The summed E-state index contributed by atoms with van der Waals surface area (Å²) in [5, 5.41) is 0. The summed E-state index contributed by atoms with van der Waals surface area (Å²) in [6, 6.07) is 0. The molecule has 0 radical (unpaired) electrons. The third-order valence-corrected chi connectivity index (χ3v) is 4.08. The van der Waals surface area contributed by atoms with Crippen molar-refractivity contribution in [2.24, 2.45) is 0 Å². The Bertz CT molecular complexity index is 255. The minimum atomic E-state index is 0.0640. The van der Waals surface area contributed by atoms with Gasteiger partial charge in [-0.15, -0.1) is 0 Å². The summed E-state index contributed by atoms with van der Waals surface area (Å²) in [5.74, 6) is 0.0640. The van der Waals surface area contributed by atoms with Gasteiger partial charge in [0, 0.05) is 13.1 Å². The van der Waals surface area contributed by atoms with E-state index in [-0.39, 0.29) is 5.91 Å². The van der Waals surface area contributed by atoms with Gasteiger partial charge in [-0.2, -0.15) is 0 Å². The second kappa shape index (κ2) is 12.8. The Labute approximate surface area is 131 Å². The lowest BCUT2D eigenvalue weighted by atomic mass is 10.3. The number of carbonyl (C=O) groups excluding carboxylic acids is 1. The van der Waals surface area contributed by atoms with Crippen molar-refractivity contribution in [3.63, 3.8) is 0 Å². The van der Waals surface area contributed by atoms with Gasteiger partial charge < -0.3 is 14.7 Å². The highest BCUT2D eigenvalue weighted by molar-refractivity contribution is 5.86. The van der Waals surface area contributed by atoms with Crippen molar-refractivity contribution < 1.29 is 4.79 Å². The van der Waals surface area contributed by atoms with Crippen LogP contribution in [0.15, 0.2) is 12.7 Å². The van der Waals surface area contributed by atoms with Crippen LogP contribution in [0.25, 0.3) is 0 Å². The summed E-state index contributed by atoms with van der Waals surface area (Å²) in [6.45, 7) is 20.4. The molecule has 0 atom stereocenters. The fourth-order valence-corrected chi connectivity index (χ4v) is 2.51. The standard InChI is InChI=1S/C17H35N3O/c1-6-17(21)20(15-11-13-18(7-2)8-3)16-12-14-19(9-4)10-5/h6H,1,7-16H2,2-5H3. The molecule has 0 aromatic rings. The van der Waals surface area contributed by atoms with Crippen molar-refractivity contribution in [1.82, 2.24) is 14.7 Å². The molecule has 4 nitrogen and oxygen atoms in total. The summed E-state index contributed by atoms with van der Waals surface area (Å²) in [5.41, 5.74) is 0. The Hall–Kier alpha value is -0.870. The first-order valence-corrected chi connectivity index (χ1v) is 8.48. The number of amides is 1. The molecule has 0 N–H and O–H groups in total. The number of rotatable bonds is 13. The molecule has 0 bridgehead atoms. The van der Waals surface area contributed by atoms with E-state index in [1.54, 1.807) is 0 Å². The Kier molecular flexibility index (Phi) is 12.3. The van der Waals surface area contributed by atoms with E-state index in [1.807, 2.05) is 4.90 Å². The highest BCUT2D eigenvalue weighted by atomic mass is 16.2. The lowest BCUT2D eigenvalue weighted by Gasteiger charge is -2.25. The van der Waals surface area contributed by atoms with Crippen LogP contribution in [-0.4, -0.2) is 73.0 Å². The van der Waals surface area contributed by atoms with E-state index < -0.39 is 0 Å². The van der Waals surface area contributed by atoms with Crippen LogP contribution >= 0.6 is 0 Å². The number of carbonyl (C=O) groups is 1. The van der Waals surface area contributed by atoms with Gasteiger partial charge in [0.15, 0.2) is 0 Å². The zero-order chi connectivity index (χ0) is 16.1. The molecule has 0 aliphatic carbocycles. The van der Waals surface area contributed by atoms with Crippen molar-refractivity contribution in [2.45, 2.75) is 40.5 Å². The Balaban J connectivity index is 4.15. The molecule has 0 fully saturated rings. The van der Waals surface area contributed by atoms with Crippen molar-refractivity contribution in [2.75, 3.05) is 52.4 Å². The van der Waals surface area contributed by atoms with Gasteiger partial charge in [-0.05, 0) is 58.2 Å². The lowest BCUT2D eigenvalue weighted by Crippen LogP contribution is -2.35. The third kappa shape index (κ3) is 8.89. The first-order valence-electron chi connectivity index (χ1n) is 8.48. The topological polar surface area (TPSA) is 26.8 Å². The van der Waals surface area contributed by atoms with Crippen molar-refractivity contribution in [3.05, 3.63) is 12.7 Å². The van der Waals surface area contributed by atoms with Crippen LogP contribution < -0.4 is 0 Å². The molecule has 0 rings (SSSR count). The van der Waals surface area contributed by atoms with E-state index in [2.05, 4.69) is 44.1 Å². The molecule has 21 heavy (non-hydrogen) atoms. The van der Waals surface area contributed by atoms with Gasteiger partial charge in [0.05, 0.1) is 0 Å². The molecule has 0 unspecified atom stereocenters. The van der Waals surface area contributed by atoms with Gasteiger partial charge in [-0.1, -0.05) is 34.3 Å². The van der Waals surface area contributed by atoms with Crippen molar-refractivity contribution in [3.8, 4) is 0 Å². The van der Waals surface area contributed by atoms with Crippen LogP contribution in [0.1, 0.15) is 40.5 Å². The highest BCUT2D eigenvalue weighted by Gasteiger charge is 2.11. The van der Waals surface area contributed by atoms with Crippen LogP contribution in [0.5, 0.6) is 0 Å². The maximum Gasteiger partial charge on any atom is 0.245 e. The molecule has 1 amide bonds. The molecule has 0 aliphatic heterocycles. The smallest absolute Gasteiger partial charge is 0.245 e. The summed E-state index contributed by atoms with van der Waals surface area (Å²) in [7, 11) is 0. The Morgan fingerprint density at radius 3 is 1.48 bits per heavy atom. The quantitative estimate of drug-likeness (QED) is 0.489. The molecule has 0 aromatic heterocycles. The second-order valence-electron chi connectivity index (χ2n) is 5.29. The van der Waals surface area contributed by atoms with Crippen molar-refractivity contribution in [1.29, 1.82) is 0 Å². The van der Waals surface area contributed by atoms with E-state index >= 15 is 0 Å². The summed E-state index contributed by atoms with van der Waals surface area (Å²) in [4.78, 5) is 18.7. The van der Waals surface area contributed by atoms with Gasteiger partial charge in [-0.25, -0.2) is 0 Å². The van der Waals surface area contributed by atoms with Gasteiger partial charge in [0.25, 0.3) is 0 Å². The van der Waals surface area contributed by atoms with E-state index in [9.17, 15) is 4.79 Å². The van der Waals surface area contributed by atoms with Gasteiger partial charge in [0.1, 0.15) is 0 Å². The number of hydrogen-bond donors (Lipinski definition) is 0. The third-order valence-electron chi connectivity index (χ3n) is 4.08. The van der Waals surface area contributed by atoms with Crippen LogP contribution in [0.3, 0.4) is 0 Å². The van der Waals surface area contributed by atoms with E-state index in [1.165, 1.54) is 6.08 Å². The zero-order valence-corrected chi connectivity index (χ0v) is 14.6. The van der Waals surface area contributed by atoms with Crippen LogP contribution in [0, 0.1) is 0 Å². The normalized spacial score (nSPS) is 11.1. The van der Waals surface area contributed by atoms with E-state index in [4.69, 9.17) is 0 Å². The van der Waals surface area contributed by atoms with E-state index in [0.29, 0.717) is 0 Å². The first-order chi connectivity index (χ1) is 10.1. The van der Waals surface area contributed by atoms with Crippen molar-refractivity contribution >= 4 is 5.91 Å². The molecular weight excluding hydrogens is 262 g/mol. The van der Waals surface area contributed by atoms with Crippen LogP contribution in [0.4, 0.5) is 0 Å². The average molecular weight is 297 g/mol. The first kappa shape index (κ1) is 20.1. The predicted molar refractivity (Wildman–Crippen MR) is 91.6 cm³/mol. The largest absolute Gasteiger partial charge is 0.339 e. The fraction of sp³-hybridized carbons (Fsp3) is 0.824. The molecule has 0 spiro atoms. The molecule has 0 saturated carbocycles. The molecule has 0 aromatic carbocycles. The SMILES string of the molecule is C=CC(=O)N(CCCN(CC)CC)CCCN(CC)CC. The predicted octanol–water partition coefficient (Wildman–Crippen LogP) is 2.46. The Morgan fingerprint density at radius 1 is 0.810 bits per heavy atom. The molecular formula is C17H35N3O.